The average molecular weight is 298 g/mol. The third-order valence-corrected chi connectivity index (χ3v) is 2.99. The number of nitrogens with zero attached hydrogens (tertiary/aromatic N) is 2. The molecule has 0 spiro atoms. The number of carbonyl (C=O) groups excluding carboxylic acids is 1. The number of rotatable bonds is 3. The highest BCUT2D eigenvalue weighted by Crippen LogP contribution is 2.22. The van der Waals surface area contributed by atoms with Crippen molar-refractivity contribution in [3.8, 4) is 0 Å². The Balaban J connectivity index is 1.90. The van der Waals surface area contributed by atoms with Crippen molar-refractivity contribution in [3.05, 3.63) is 69.1 Å². The number of nitro groups is 1. The van der Waals surface area contributed by atoms with Crippen molar-refractivity contribution < 1.29 is 18.9 Å². The highest BCUT2D eigenvalue weighted by molar-refractivity contribution is 6.12. The molecule has 7 nitrogen and oxygen atoms in total. The molecule has 0 fully saturated rings. The van der Waals surface area contributed by atoms with Crippen molar-refractivity contribution in [2.75, 3.05) is 0 Å². The van der Waals surface area contributed by atoms with Crippen molar-refractivity contribution in [2.45, 2.75) is 6.92 Å². The maximum atomic E-state index is 11.8. The van der Waals surface area contributed by atoms with Gasteiger partial charge in [0, 0.05) is 11.6 Å². The molecule has 0 atom stereocenters. The number of hydrogen-bond acceptors (Lipinski definition) is 6. The van der Waals surface area contributed by atoms with Gasteiger partial charge in [0.15, 0.2) is 5.70 Å². The lowest BCUT2D eigenvalue weighted by atomic mass is 10.1. The largest absolute Gasteiger partial charge is 0.433 e. The Labute approximate surface area is 124 Å². The summed E-state index contributed by atoms with van der Waals surface area (Å²) in [5.41, 5.74) is 1.78. The Morgan fingerprint density at radius 2 is 1.91 bits per heavy atom. The molecule has 22 heavy (non-hydrogen) atoms. The number of carbonyl (C=O) groups is 1. The Kier molecular flexibility index (Phi) is 3.30. The van der Waals surface area contributed by atoms with E-state index >= 15 is 0 Å². The number of benzene rings is 1. The topological polar surface area (TPSA) is 94.9 Å². The molecular formula is C15H10N2O5. The van der Waals surface area contributed by atoms with Gasteiger partial charge < -0.3 is 9.15 Å². The highest BCUT2D eigenvalue weighted by Gasteiger charge is 2.25. The Morgan fingerprint density at radius 3 is 2.55 bits per heavy atom. The van der Waals surface area contributed by atoms with Gasteiger partial charge in [-0.2, -0.15) is 0 Å². The molecule has 0 bridgehead atoms. The Bertz CT molecular complexity index is 815. The maximum absolute atomic E-state index is 11.8. The van der Waals surface area contributed by atoms with Crippen LogP contribution in [0.4, 0.5) is 5.88 Å². The first-order chi connectivity index (χ1) is 10.5. The van der Waals surface area contributed by atoms with Crippen LogP contribution < -0.4 is 0 Å². The monoisotopic (exact) mass is 298 g/mol. The number of aliphatic imine (C=N–C) groups is 1. The van der Waals surface area contributed by atoms with Crippen LogP contribution >= 0.6 is 0 Å². The molecule has 2 aromatic rings. The van der Waals surface area contributed by atoms with Crippen molar-refractivity contribution in [1.82, 2.24) is 0 Å². The minimum absolute atomic E-state index is 0.0276. The minimum Gasteiger partial charge on any atom is -0.402 e. The fourth-order valence-corrected chi connectivity index (χ4v) is 1.88. The van der Waals surface area contributed by atoms with E-state index in [2.05, 4.69) is 4.99 Å². The second kappa shape index (κ2) is 5.28. The first kappa shape index (κ1) is 13.7. The predicted octanol–water partition coefficient (Wildman–Crippen LogP) is 2.84. The number of esters is 1. The summed E-state index contributed by atoms with van der Waals surface area (Å²) >= 11 is 0. The summed E-state index contributed by atoms with van der Waals surface area (Å²) in [6.07, 6.45) is 1.30. The first-order valence-corrected chi connectivity index (χ1v) is 6.37. The molecule has 7 heteroatoms. The van der Waals surface area contributed by atoms with Crippen LogP contribution in [-0.4, -0.2) is 16.8 Å². The zero-order valence-electron chi connectivity index (χ0n) is 11.5. The van der Waals surface area contributed by atoms with Crippen LogP contribution in [0.3, 0.4) is 0 Å². The SMILES string of the molecule is Cc1ccc(C2=NC(=Cc3ccc([N+](=O)[O-])o3)C(=O)O2)cc1. The van der Waals surface area contributed by atoms with E-state index < -0.39 is 16.8 Å². The molecule has 0 saturated carbocycles. The summed E-state index contributed by atoms with van der Waals surface area (Å²) in [7, 11) is 0. The van der Waals surface area contributed by atoms with Gasteiger partial charge >= 0.3 is 11.9 Å². The van der Waals surface area contributed by atoms with Gasteiger partial charge in [-0.1, -0.05) is 17.7 Å². The smallest absolute Gasteiger partial charge is 0.402 e. The normalized spacial score (nSPS) is 15.8. The fourth-order valence-electron chi connectivity index (χ4n) is 1.88. The summed E-state index contributed by atoms with van der Waals surface area (Å²) < 4.78 is 10.1. The van der Waals surface area contributed by atoms with E-state index in [1.54, 1.807) is 12.1 Å². The second-order valence-corrected chi connectivity index (χ2v) is 4.64. The standard InChI is InChI=1S/C15H10N2O5/c1-9-2-4-10(5-3-9)14-16-12(15(18)22-14)8-11-6-7-13(21-11)17(19)20/h2-8H,1H3. The summed E-state index contributed by atoms with van der Waals surface area (Å²) in [4.78, 5) is 25.8. The zero-order chi connectivity index (χ0) is 15.7. The van der Waals surface area contributed by atoms with Crippen LogP contribution in [-0.2, 0) is 9.53 Å². The molecule has 0 N–H and O–H groups in total. The summed E-state index contributed by atoms with van der Waals surface area (Å²) in [5.74, 6) is -0.680. The van der Waals surface area contributed by atoms with Gasteiger partial charge in [0.25, 0.3) is 0 Å². The first-order valence-electron chi connectivity index (χ1n) is 6.37. The number of furan rings is 1. The molecule has 2 heterocycles. The van der Waals surface area contributed by atoms with Crippen LogP contribution in [0.25, 0.3) is 6.08 Å². The van der Waals surface area contributed by atoms with E-state index in [9.17, 15) is 14.9 Å². The van der Waals surface area contributed by atoms with Gasteiger partial charge in [-0.15, -0.1) is 0 Å². The van der Waals surface area contributed by atoms with E-state index in [4.69, 9.17) is 9.15 Å². The van der Waals surface area contributed by atoms with Crippen LogP contribution in [0.5, 0.6) is 0 Å². The lowest BCUT2D eigenvalue weighted by Crippen LogP contribution is -2.05. The summed E-state index contributed by atoms with van der Waals surface area (Å²) in [6, 6.07) is 9.94. The molecule has 1 aromatic heterocycles. The van der Waals surface area contributed by atoms with E-state index in [0.717, 1.165) is 5.56 Å². The van der Waals surface area contributed by atoms with Crippen LogP contribution in [0.15, 0.2) is 51.5 Å². The molecule has 0 aliphatic carbocycles. The summed E-state index contributed by atoms with van der Waals surface area (Å²) in [6.45, 7) is 1.95. The van der Waals surface area contributed by atoms with Gasteiger partial charge in [-0.3, -0.25) is 10.1 Å². The number of hydrogen-bond donors (Lipinski definition) is 0. The van der Waals surface area contributed by atoms with Gasteiger partial charge in [-0.05, 0) is 25.1 Å². The van der Waals surface area contributed by atoms with Crippen molar-refractivity contribution in [2.24, 2.45) is 4.99 Å². The highest BCUT2D eigenvalue weighted by atomic mass is 16.6. The van der Waals surface area contributed by atoms with Crippen molar-refractivity contribution in [3.63, 3.8) is 0 Å². The number of ether oxygens (including phenoxy) is 1. The fraction of sp³-hybridized carbons (Fsp3) is 0.0667. The molecule has 1 aromatic carbocycles. The van der Waals surface area contributed by atoms with Gasteiger partial charge in [0.05, 0.1) is 6.07 Å². The van der Waals surface area contributed by atoms with Crippen LogP contribution in [0.2, 0.25) is 0 Å². The van der Waals surface area contributed by atoms with E-state index in [1.165, 1.54) is 18.2 Å². The number of cyclic esters (lactones) is 1. The van der Waals surface area contributed by atoms with Crippen molar-refractivity contribution in [1.29, 1.82) is 0 Å². The maximum Gasteiger partial charge on any atom is 0.433 e. The number of aryl methyl sites for hydroxylation is 1. The Hall–Kier alpha value is -3.22. The molecule has 0 amide bonds. The van der Waals surface area contributed by atoms with E-state index in [-0.39, 0.29) is 17.4 Å². The molecule has 3 rings (SSSR count). The minimum atomic E-state index is -0.657. The molecule has 110 valence electrons. The van der Waals surface area contributed by atoms with Gasteiger partial charge in [0.2, 0.25) is 5.90 Å². The molecule has 1 aliphatic rings. The third kappa shape index (κ3) is 2.64. The Morgan fingerprint density at radius 1 is 1.18 bits per heavy atom. The lowest BCUT2D eigenvalue weighted by molar-refractivity contribution is -0.402. The molecule has 0 unspecified atom stereocenters. The average Bonchev–Trinajstić information content (AvgIpc) is 3.08. The molecular weight excluding hydrogens is 288 g/mol. The molecule has 0 radical (unpaired) electrons. The summed E-state index contributed by atoms with van der Waals surface area (Å²) in [5, 5.41) is 10.6. The van der Waals surface area contributed by atoms with E-state index in [1.807, 2.05) is 19.1 Å². The predicted molar refractivity (Wildman–Crippen MR) is 77.1 cm³/mol. The third-order valence-electron chi connectivity index (χ3n) is 2.99. The zero-order valence-corrected chi connectivity index (χ0v) is 11.5. The molecule has 0 saturated heterocycles. The van der Waals surface area contributed by atoms with Crippen LogP contribution in [0.1, 0.15) is 16.9 Å². The van der Waals surface area contributed by atoms with Gasteiger partial charge in [0.1, 0.15) is 10.7 Å². The van der Waals surface area contributed by atoms with E-state index in [0.29, 0.717) is 5.56 Å². The lowest BCUT2D eigenvalue weighted by Gasteiger charge is -1.99. The van der Waals surface area contributed by atoms with Gasteiger partial charge in [-0.25, -0.2) is 9.79 Å². The van der Waals surface area contributed by atoms with Crippen molar-refractivity contribution >= 4 is 23.8 Å². The molecule has 1 aliphatic heterocycles. The second-order valence-electron chi connectivity index (χ2n) is 4.64. The quantitative estimate of drug-likeness (QED) is 0.376. The van der Waals surface area contributed by atoms with Crippen LogP contribution in [0, 0.1) is 17.0 Å².